The molecule has 2 aromatic carbocycles. The lowest BCUT2D eigenvalue weighted by Crippen LogP contribution is -2.42. The smallest absolute Gasteiger partial charge is 0.414 e. The number of amides is 3. The van der Waals surface area contributed by atoms with Crippen molar-refractivity contribution < 1.29 is 33.1 Å². The van der Waals surface area contributed by atoms with Crippen LogP contribution in [0.5, 0.6) is 0 Å². The van der Waals surface area contributed by atoms with Crippen LogP contribution in [-0.2, 0) is 31.2 Å². The van der Waals surface area contributed by atoms with Gasteiger partial charge in [-0.3, -0.25) is 14.5 Å². The molecule has 0 radical (unpaired) electrons. The zero-order chi connectivity index (χ0) is 27.9. The van der Waals surface area contributed by atoms with E-state index in [-0.39, 0.29) is 32.1 Å². The Bertz CT molecular complexity index is 1270. The van der Waals surface area contributed by atoms with Crippen molar-refractivity contribution in [1.29, 1.82) is 0 Å². The van der Waals surface area contributed by atoms with E-state index in [4.69, 9.17) is 9.47 Å². The standard InChI is InChI=1S/C28H34FN3O6Si/c1-18-25(39(2,3)29)23(16-24(34)31(11-13-33)17-19-7-5-4-6-8-19)38-28(18)21-15-20(32-12-14-37-27(32)36)9-10-22(21)30-26(28)35/h4-10,15,18,23,25,33H,11-14,16-17H2,1-3H3,(H,30,35)/t18-,23+,25-,28+/m1/s1. The SMILES string of the molecule is C[C@@H]1[C@@H]([Si](C)(C)F)[C@H](CC(=O)N(CCO)Cc2ccccc2)O[C@@]12C(=O)Nc1ccc(N3CCOC3=O)cc12. The maximum atomic E-state index is 15.9. The maximum Gasteiger partial charge on any atom is 0.414 e. The van der Waals surface area contributed by atoms with E-state index in [2.05, 4.69) is 5.32 Å². The second-order valence-electron chi connectivity index (χ2n) is 10.9. The van der Waals surface area contributed by atoms with E-state index in [1.54, 1.807) is 31.3 Å². The number of aliphatic hydroxyl groups excluding tert-OH is 1. The average Bonchev–Trinajstić information content (AvgIpc) is 3.53. The third-order valence-corrected chi connectivity index (χ3v) is 10.5. The van der Waals surface area contributed by atoms with Crippen LogP contribution in [0.1, 0.15) is 24.5 Å². The average molecular weight is 556 g/mol. The summed E-state index contributed by atoms with van der Waals surface area (Å²) in [5, 5.41) is 12.5. The topological polar surface area (TPSA) is 108 Å². The van der Waals surface area contributed by atoms with Crippen LogP contribution in [0.4, 0.5) is 20.3 Å². The summed E-state index contributed by atoms with van der Waals surface area (Å²) in [7, 11) is -3.45. The number of halogens is 1. The molecule has 0 aliphatic carbocycles. The Morgan fingerprint density at radius 1 is 1.23 bits per heavy atom. The Labute approximate surface area is 228 Å². The Hall–Kier alpha value is -3.28. The van der Waals surface area contributed by atoms with E-state index in [1.165, 1.54) is 9.80 Å². The number of hydrogen-bond donors (Lipinski definition) is 2. The highest BCUT2D eigenvalue weighted by Gasteiger charge is 2.65. The van der Waals surface area contributed by atoms with Gasteiger partial charge >= 0.3 is 6.09 Å². The molecule has 0 bridgehead atoms. The Balaban J connectivity index is 1.47. The number of fused-ring (bicyclic) bond motifs is 2. The highest BCUT2D eigenvalue weighted by atomic mass is 28.4. The number of anilines is 2. The largest absolute Gasteiger partial charge is 0.447 e. The molecule has 11 heteroatoms. The van der Waals surface area contributed by atoms with Gasteiger partial charge in [0.1, 0.15) is 6.61 Å². The lowest BCUT2D eigenvalue weighted by atomic mass is 9.82. The zero-order valence-corrected chi connectivity index (χ0v) is 23.4. The van der Waals surface area contributed by atoms with Crippen molar-refractivity contribution in [3.05, 3.63) is 59.7 Å². The number of benzene rings is 2. The van der Waals surface area contributed by atoms with Gasteiger partial charge in [-0.15, -0.1) is 0 Å². The fourth-order valence-corrected chi connectivity index (χ4v) is 8.86. The van der Waals surface area contributed by atoms with Crippen molar-refractivity contribution in [3.63, 3.8) is 0 Å². The number of nitrogens with one attached hydrogen (secondary N) is 1. The van der Waals surface area contributed by atoms with Crippen LogP contribution in [0.15, 0.2) is 48.5 Å². The molecule has 2 N–H and O–H groups in total. The van der Waals surface area contributed by atoms with E-state index >= 15 is 4.11 Å². The number of cyclic esters (lactones) is 1. The minimum Gasteiger partial charge on any atom is -0.447 e. The lowest BCUT2D eigenvalue weighted by Gasteiger charge is -2.31. The molecule has 2 saturated heterocycles. The second-order valence-corrected chi connectivity index (χ2v) is 14.7. The third-order valence-electron chi connectivity index (χ3n) is 8.09. The molecule has 3 aliphatic rings. The summed E-state index contributed by atoms with van der Waals surface area (Å²) < 4.78 is 27.6. The molecule has 3 aliphatic heterocycles. The fourth-order valence-electron chi connectivity index (χ4n) is 6.37. The van der Waals surface area contributed by atoms with Crippen molar-refractivity contribution >= 4 is 37.7 Å². The second kappa shape index (κ2) is 10.4. The van der Waals surface area contributed by atoms with Crippen LogP contribution < -0.4 is 10.2 Å². The molecule has 39 heavy (non-hydrogen) atoms. The molecule has 0 aromatic heterocycles. The highest BCUT2D eigenvalue weighted by molar-refractivity contribution is 6.72. The molecular weight excluding hydrogens is 521 g/mol. The minimum absolute atomic E-state index is 0.120. The van der Waals surface area contributed by atoms with E-state index in [0.717, 1.165) is 5.56 Å². The monoisotopic (exact) mass is 555 g/mol. The Morgan fingerprint density at radius 3 is 2.62 bits per heavy atom. The van der Waals surface area contributed by atoms with Crippen molar-refractivity contribution in [1.82, 2.24) is 4.90 Å². The van der Waals surface area contributed by atoms with Gasteiger partial charge in [-0.25, -0.2) is 4.79 Å². The van der Waals surface area contributed by atoms with Crippen LogP contribution >= 0.6 is 0 Å². The van der Waals surface area contributed by atoms with Crippen LogP contribution in [0, 0.1) is 5.92 Å². The Kier molecular flexibility index (Phi) is 7.25. The number of carbonyl (C=O) groups excluding carboxylic acids is 3. The summed E-state index contributed by atoms with van der Waals surface area (Å²) in [4.78, 5) is 42.3. The van der Waals surface area contributed by atoms with E-state index in [0.29, 0.717) is 30.0 Å². The predicted octanol–water partition coefficient (Wildman–Crippen LogP) is 3.78. The molecule has 9 nitrogen and oxygen atoms in total. The summed E-state index contributed by atoms with van der Waals surface area (Å²) in [6.45, 7) is 5.83. The van der Waals surface area contributed by atoms with Crippen LogP contribution in [0.3, 0.4) is 0 Å². The van der Waals surface area contributed by atoms with Gasteiger partial charge in [0, 0.05) is 41.5 Å². The molecule has 2 aromatic rings. The van der Waals surface area contributed by atoms with Gasteiger partial charge in [-0.1, -0.05) is 37.3 Å². The van der Waals surface area contributed by atoms with Crippen molar-refractivity contribution in [2.75, 3.05) is 36.5 Å². The number of nitrogens with zero attached hydrogens (tertiary/aromatic N) is 2. The molecule has 5 rings (SSSR count). The number of hydrogen-bond acceptors (Lipinski definition) is 6. The van der Waals surface area contributed by atoms with Gasteiger partial charge in [0.25, 0.3) is 5.91 Å². The van der Waals surface area contributed by atoms with Gasteiger partial charge in [0.15, 0.2) is 5.60 Å². The molecule has 0 unspecified atom stereocenters. The number of ether oxygens (including phenoxy) is 2. The van der Waals surface area contributed by atoms with Gasteiger partial charge < -0.3 is 28.9 Å². The third kappa shape index (κ3) is 4.83. The molecule has 1 spiro atoms. The summed E-state index contributed by atoms with van der Waals surface area (Å²) >= 11 is 0. The first kappa shape index (κ1) is 27.3. The zero-order valence-electron chi connectivity index (χ0n) is 22.4. The fraction of sp³-hybridized carbons (Fsp3) is 0.464. The summed E-state index contributed by atoms with van der Waals surface area (Å²) in [5.41, 5.74) is 0.400. The van der Waals surface area contributed by atoms with Crippen molar-refractivity contribution in [2.24, 2.45) is 5.92 Å². The maximum absolute atomic E-state index is 15.9. The number of rotatable bonds is 8. The van der Waals surface area contributed by atoms with Gasteiger partial charge in [-0.05, 0) is 36.9 Å². The minimum atomic E-state index is -3.45. The molecule has 208 valence electrons. The quantitative estimate of drug-likeness (QED) is 0.379. The first-order valence-electron chi connectivity index (χ1n) is 13.3. The summed E-state index contributed by atoms with van der Waals surface area (Å²) in [6.07, 6.45) is -1.43. The molecule has 3 amide bonds. The van der Waals surface area contributed by atoms with Crippen LogP contribution in [-0.4, -0.2) is 68.7 Å². The molecular formula is C28H34FN3O6Si. The molecule has 3 heterocycles. The number of aliphatic hydroxyl groups is 1. The van der Waals surface area contributed by atoms with Crippen LogP contribution in [0.25, 0.3) is 0 Å². The van der Waals surface area contributed by atoms with E-state index in [9.17, 15) is 19.5 Å². The first-order chi connectivity index (χ1) is 18.6. The Morgan fingerprint density at radius 2 is 1.97 bits per heavy atom. The van der Waals surface area contributed by atoms with Crippen LogP contribution in [0.2, 0.25) is 18.6 Å². The number of carbonyl (C=O) groups is 3. The van der Waals surface area contributed by atoms with Crippen molar-refractivity contribution in [3.8, 4) is 0 Å². The summed E-state index contributed by atoms with van der Waals surface area (Å²) in [5.74, 6) is -1.25. The summed E-state index contributed by atoms with van der Waals surface area (Å²) in [6, 6.07) is 14.6. The normalized spacial score (nSPS) is 26.1. The van der Waals surface area contributed by atoms with E-state index in [1.807, 2.05) is 37.3 Å². The van der Waals surface area contributed by atoms with Crippen molar-refractivity contribution in [2.45, 2.75) is 50.2 Å². The molecule has 4 atom stereocenters. The van der Waals surface area contributed by atoms with Gasteiger partial charge in [-0.2, -0.15) is 0 Å². The van der Waals surface area contributed by atoms with Gasteiger partial charge in [0.2, 0.25) is 14.3 Å². The molecule has 0 saturated carbocycles. The molecule has 2 fully saturated rings. The highest BCUT2D eigenvalue weighted by Crippen LogP contribution is 2.59. The predicted molar refractivity (Wildman–Crippen MR) is 145 cm³/mol. The first-order valence-corrected chi connectivity index (χ1v) is 16.2. The van der Waals surface area contributed by atoms with Gasteiger partial charge in [0.05, 0.1) is 25.7 Å². The lowest BCUT2D eigenvalue weighted by molar-refractivity contribution is -0.148. The van der Waals surface area contributed by atoms with E-state index < -0.39 is 43.6 Å².